The van der Waals surface area contributed by atoms with Crippen LogP contribution >= 0.6 is 0 Å². The Bertz CT molecular complexity index is 130. The molecule has 1 rings (SSSR count). The number of nitrogens with one attached hydrogen (secondary N) is 1. The molecule has 0 bridgehead atoms. The second-order valence-corrected chi connectivity index (χ2v) is 3.15. The highest BCUT2D eigenvalue weighted by Crippen LogP contribution is 2.26. The number of rotatable bonds is 3. The quantitative estimate of drug-likeness (QED) is 0.664. The molecule has 0 aromatic rings. The lowest BCUT2D eigenvalue weighted by molar-refractivity contribution is 0.168. The van der Waals surface area contributed by atoms with Gasteiger partial charge in [0.25, 0.3) is 0 Å². The second kappa shape index (κ2) is 4.21. The van der Waals surface area contributed by atoms with Gasteiger partial charge in [-0.15, -0.1) is 0 Å². The molecule has 1 aliphatic carbocycles. The monoisotopic (exact) mass is 156 g/mol. The van der Waals surface area contributed by atoms with Crippen molar-refractivity contribution in [3.8, 4) is 0 Å². The number of amides is 1. The molecule has 0 aromatic heterocycles. The first-order chi connectivity index (χ1) is 5.29. The third-order valence-corrected chi connectivity index (χ3v) is 2.30. The maximum atomic E-state index is 9.95. The van der Waals surface area contributed by atoms with Gasteiger partial charge in [0, 0.05) is 6.54 Å². The van der Waals surface area contributed by atoms with Crippen LogP contribution in [0.2, 0.25) is 0 Å². The summed E-state index contributed by atoms with van der Waals surface area (Å²) in [5.41, 5.74) is 0. The van der Waals surface area contributed by atoms with Crippen LogP contribution in [-0.4, -0.2) is 12.6 Å². The lowest BCUT2D eigenvalue weighted by Crippen LogP contribution is -2.22. The Kier molecular flexibility index (Phi) is 3.20. The van der Waals surface area contributed by atoms with Gasteiger partial charge in [-0.05, 0) is 12.3 Å². The fourth-order valence-electron chi connectivity index (χ4n) is 1.68. The van der Waals surface area contributed by atoms with E-state index in [9.17, 15) is 9.90 Å². The zero-order valence-corrected chi connectivity index (χ0v) is 6.64. The summed E-state index contributed by atoms with van der Waals surface area (Å²) in [6, 6.07) is 0. The van der Waals surface area contributed by atoms with Gasteiger partial charge >= 0.3 is 6.09 Å². The molecule has 3 heteroatoms. The van der Waals surface area contributed by atoms with Crippen LogP contribution in [0.5, 0.6) is 0 Å². The first-order valence-corrected chi connectivity index (χ1v) is 4.24. The van der Waals surface area contributed by atoms with Crippen molar-refractivity contribution in [2.45, 2.75) is 32.1 Å². The number of carbonyl (C=O) groups excluding carboxylic acids is 1. The highest BCUT2D eigenvalue weighted by molar-refractivity contribution is 5.63. The van der Waals surface area contributed by atoms with Crippen molar-refractivity contribution in [3.63, 3.8) is 0 Å². The first kappa shape index (κ1) is 8.37. The van der Waals surface area contributed by atoms with Crippen molar-refractivity contribution in [2.75, 3.05) is 6.54 Å². The summed E-state index contributed by atoms with van der Waals surface area (Å²) in [6.07, 6.45) is 5.01. The zero-order valence-electron chi connectivity index (χ0n) is 6.64. The summed E-state index contributed by atoms with van der Waals surface area (Å²) >= 11 is 0. The molecule has 63 valence electrons. The number of hydrogen-bond acceptors (Lipinski definition) is 1. The van der Waals surface area contributed by atoms with E-state index in [1.807, 2.05) is 0 Å². The molecule has 0 aromatic carbocycles. The van der Waals surface area contributed by atoms with Crippen LogP contribution in [0.25, 0.3) is 0 Å². The molecule has 1 N–H and O–H groups in total. The molecule has 0 unspecified atom stereocenters. The highest BCUT2D eigenvalue weighted by atomic mass is 16.4. The predicted octanol–water partition coefficient (Wildman–Crippen LogP) is 1.71. The van der Waals surface area contributed by atoms with Crippen molar-refractivity contribution >= 4 is 6.09 Å². The van der Waals surface area contributed by atoms with Crippen LogP contribution < -0.4 is 5.32 Å². The van der Waals surface area contributed by atoms with Crippen LogP contribution in [0.1, 0.15) is 32.1 Å². The predicted molar refractivity (Wildman–Crippen MR) is 40.7 cm³/mol. The van der Waals surface area contributed by atoms with E-state index in [1.165, 1.54) is 25.7 Å². The molecule has 1 saturated carbocycles. The van der Waals surface area contributed by atoms with E-state index in [0.29, 0.717) is 6.54 Å². The molecular weight excluding hydrogens is 142 g/mol. The van der Waals surface area contributed by atoms with Crippen LogP contribution in [0.15, 0.2) is 0 Å². The normalized spacial score (nSPS) is 18.5. The van der Waals surface area contributed by atoms with Gasteiger partial charge < -0.3 is 5.32 Å². The van der Waals surface area contributed by atoms with E-state index in [-0.39, 0.29) is 0 Å². The molecule has 1 aliphatic rings. The number of hydrogen-bond donors (Lipinski definition) is 1. The van der Waals surface area contributed by atoms with E-state index in [2.05, 4.69) is 5.32 Å². The van der Waals surface area contributed by atoms with Crippen molar-refractivity contribution in [2.24, 2.45) is 5.92 Å². The molecule has 0 heterocycles. The van der Waals surface area contributed by atoms with Gasteiger partial charge in [0.1, 0.15) is 0 Å². The minimum absolute atomic E-state index is 0.562. The molecule has 1 amide bonds. The van der Waals surface area contributed by atoms with Gasteiger partial charge in [-0.2, -0.15) is 0 Å². The molecule has 11 heavy (non-hydrogen) atoms. The SMILES string of the molecule is [O]C(=O)NCCC1CCCC1. The molecule has 1 fully saturated rings. The summed E-state index contributed by atoms with van der Waals surface area (Å²) in [6.45, 7) is 0.562. The van der Waals surface area contributed by atoms with Gasteiger partial charge in [-0.1, -0.05) is 25.7 Å². The Labute approximate surface area is 66.8 Å². The Balaban J connectivity index is 1.98. The summed E-state index contributed by atoms with van der Waals surface area (Å²) < 4.78 is 0. The standard InChI is InChI=1S/C8H14NO2/c10-8(11)9-6-5-7-3-1-2-4-7/h7,9H,1-6H2. The molecule has 0 spiro atoms. The summed E-state index contributed by atoms with van der Waals surface area (Å²) in [4.78, 5) is 9.95. The maximum absolute atomic E-state index is 9.95. The molecule has 0 saturated heterocycles. The summed E-state index contributed by atoms with van der Waals surface area (Å²) in [5.74, 6) is 0.752. The van der Waals surface area contributed by atoms with Crippen LogP contribution in [-0.2, 0) is 5.11 Å². The van der Waals surface area contributed by atoms with E-state index in [1.54, 1.807) is 0 Å². The van der Waals surface area contributed by atoms with Gasteiger partial charge in [-0.25, -0.2) is 9.90 Å². The molecule has 0 aliphatic heterocycles. The van der Waals surface area contributed by atoms with Crippen molar-refractivity contribution in [1.82, 2.24) is 5.32 Å². The van der Waals surface area contributed by atoms with E-state index in [0.717, 1.165) is 12.3 Å². The Morgan fingerprint density at radius 3 is 2.55 bits per heavy atom. The fourth-order valence-corrected chi connectivity index (χ4v) is 1.68. The van der Waals surface area contributed by atoms with Crippen LogP contribution in [0.4, 0.5) is 4.79 Å². The Morgan fingerprint density at radius 1 is 1.36 bits per heavy atom. The highest BCUT2D eigenvalue weighted by Gasteiger charge is 2.14. The molecular formula is C8H14NO2. The van der Waals surface area contributed by atoms with Crippen molar-refractivity contribution in [3.05, 3.63) is 0 Å². The van der Waals surface area contributed by atoms with E-state index >= 15 is 0 Å². The van der Waals surface area contributed by atoms with Gasteiger partial charge in [0.2, 0.25) is 0 Å². The summed E-state index contributed by atoms with van der Waals surface area (Å²) in [7, 11) is 0. The Hall–Kier alpha value is -0.730. The largest absolute Gasteiger partial charge is 0.450 e. The average Bonchev–Trinajstić information content (AvgIpc) is 2.39. The van der Waals surface area contributed by atoms with Gasteiger partial charge in [0.05, 0.1) is 0 Å². The van der Waals surface area contributed by atoms with Gasteiger partial charge in [0.15, 0.2) is 0 Å². The van der Waals surface area contributed by atoms with E-state index in [4.69, 9.17) is 0 Å². The summed E-state index contributed by atoms with van der Waals surface area (Å²) in [5, 5.41) is 12.2. The smallest absolute Gasteiger partial charge is 0.318 e. The maximum Gasteiger partial charge on any atom is 0.450 e. The molecule has 3 nitrogen and oxygen atoms in total. The van der Waals surface area contributed by atoms with Crippen LogP contribution in [0, 0.1) is 5.92 Å². The molecule has 0 atom stereocenters. The fraction of sp³-hybridized carbons (Fsp3) is 0.875. The Morgan fingerprint density at radius 2 is 2.00 bits per heavy atom. The minimum Gasteiger partial charge on any atom is -0.318 e. The second-order valence-electron chi connectivity index (χ2n) is 3.15. The first-order valence-electron chi connectivity index (χ1n) is 4.24. The third kappa shape index (κ3) is 3.25. The lowest BCUT2D eigenvalue weighted by Gasteiger charge is -2.06. The molecule has 1 radical (unpaired) electrons. The topological polar surface area (TPSA) is 49.0 Å². The van der Waals surface area contributed by atoms with Gasteiger partial charge in [-0.3, -0.25) is 0 Å². The van der Waals surface area contributed by atoms with E-state index < -0.39 is 6.09 Å². The van der Waals surface area contributed by atoms with Crippen LogP contribution in [0.3, 0.4) is 0 Å². The van der Waals surface area contributed by atoms with Crippen molar-refractivity contribution in [1.29, 1.82) is 0 Å². The third-order valence-electron chi connectivity index (χ3n) is 2.30. The van der Waals surface area contributed by atoms with Crippen molar-refractivity contribution < 1.29 is 9.90 Å². The lowest BCUT2D eigenvalue weighted by atomic mass is 10.0. The number of carbonyl (C=O) groups is 1. The zero-order chi connectivity index (χ0) is 8.10. The average molecular weight is 156 g/mol. The minimum atomic E-state index is -1.15.